The van der Waals surface area contributed by atoms with Crippen molar-refractivity contribution in [2.24, 2.45) is 12.0 Å². The van der Waals surface area contributed by atoms with Crippen molar-refractivity contribution in [2.75, 3.05) is 20.2 Å². The summed E-state index contributed by atoms with van der Waals surface area (Å²) in [5.74, 6) is 1.79. The molecule has 1 aliphatic rings. The Labute approximate surface area is 197 Å². The van der Waals surface area contributed by atoms with Gasteiger partial charge in [-0.1, -0.05) is 12.1 Å². The Hall–Kier alpha value is -1.77. The first-order valence-electron chi connectivity index (χ1n) is 10.6. The number of guanidine groups is 1. The molecule has 0 saturated heterocycles. The quantitative estimate of drug-likeness (QED) is 0.312. The summed E-state index contributed by atoms with van der Waals surface area (Å²) >= 11 is 0. The fourth-order valence-electron chi connectivity index (χ4n) is 3.89. The van der Waals surface area contributed by atoms with Crippen LogP contribution >= 0.6 is 24.0 Å². The van der Waals surface area contributed by atoms with Crippen molar-refractivity contribution >= 4 is 29.9 Å². The highest BCUT2D eigenvalue weighted by Gasteiger charge is 2.44. The van der Waals surface area contributed by atoms with Gasteiger partial charge in [-0.2, -0.15) is 5.10 Å². The number of hydrogen-bond acceptors (Lipinski definition) is 3. The lowest BCUT2D eigenvalue weighted by Gasteiger charge is -2.20. The van der Waals surface area contributed by atoms with Crippen molar-refractivity contribution in [1.29, 1.82) is 0 Å². The molecule has 2 N–H and O–H groups in total. The van der Waals surface area contributed by atoms with Crippen LogP contribution in [0.25, 0.3) is 0 Å². The van der Waals surface area contributed by atoms with Gasteiger partial charge in [0, 0.05) is 30.7 Å². The number of hydrogen-bond donors (Lipinski definition) is 2. The normalized spacial score (nSPS) is 15.9. The highest BCUT2D eigenvalue weighted by Crippen LogP contribution is 2.48. The lowest BCUT2D eigenvalue weighted by Crippen LogP contribution is -2.43. The minimum absolute atomic E-state index is 0. The maximum Gasteiger partial charge on any atom is 0.191 e. The molecule has 0 bridgehead atoms. The fourth-order valence-corrected chi connectivity index (χ4v) is 3.89. The van der Waals surface area contributed by atoms with Crippen molar-refractivity contribution in [1.82, 2.24) is 20.4 Å². The molecule has 1 fully saturated rings. The number of methoxy groups -OCH3 is 1. The Morgan fingerprint density at radius 2 is 1.93 bits per heavy atom. The zero-order valence-corrected chi connectivity index (χ0v) is 21.4. The van der Waals surface area contributed by atoms with Crippen LogP contribution in [0.2, 0.25) is 0 Å². The zero-order chi connectivity index (χ0) is 21.0. The topological polar surface area (TPSA) is 63.5 Å². The lowest BCUT2D eigenvalue weighted by atomic mass is 9.96. The van der Waals surface area contributed by atoms with Gasteiger partial charge >= 0.3 is 0 Å². The van der Waals surface area contributed by atoms with Crippen LogP contribution in [0.1, 0.15) is 49.2 Å². The third kappa shape index (κ3) is 5.68. The molecular weight excluding hydrogens is 489 g/mol. The van der Waals surface area contributed by atoms with E-state index in [0.29, 0.717) is 0 Å². The van der Waals surface area contributed by atoms with Crippen LogP contribution in [0.4, 0.5) is 0 Å². The second-order valence-electron chi connectivity index (χ2n) is 8.23. The number of aryl methyl sites for hydroxylation is 2. The van der Waals surface area contributed by atoms with Gasteiger partial charge in [0.25, 0.3) is 0 Å². The van der Waals surface area contributed by atoms with Gasteiger partial charge < -0.3 is 15.4 Å². The van der Waals surface area contributed by atoms with Crippen LogP contribution < -0.4 is 15.4 Å². The van der Waals surface area contributed by atoms with Gasteiger partial charge in [0.2, 0.25) is 0 Å². The second-order valence-corrected chi connectivity index (χ2v) is 8.23. The molecule has 1 unspecified atom stereocenters. The van der Waals surface area contributed by atoms with Gasteiger partial charge in [0.1, 0.15) is 5.75 Å². The summed E-state index contributed by atoms with van der Waals surface area (Å²) in [5, 5.41) is 11.5. The van der Waals surface area contributed by atoms with E-state index in [1.165, 1.54) is 29.7 Å². The first-order valence-corrected chi connectivity index (χ1v) is 10.6. The summed E-state index contributed by atoms with van der Waals surface area (Å²) in [5.41, 5.74) is 5.19. The number of nitrogens with zero attached hydrogens (tertiary/aromatic N) is 3. The second kappa shape index (κ2) is 10.5. The van der Waals surface area contributed by atoms with Crippen LogP contribution in [0.5, 0.6) is 5.75 Å². The van der Waals surface area contributed by atoms with Crippen LogP contribution in [0.3, 0.4) is 0 Å². The van der Waals surface area contributed by atoms with E-state index in [1.807, 2.05) is 23.9 Å². The monoisotopic (exact) mass is 525 g/mol. The summed E-state index contributed by atoms with van der Waals surface area (Å²) < 4.78 is 7.25. The van der Waals surface area contributed by atoms with E-state index < -0.39 is 0 Å². The molecule has 0 amide bonds. The summed E-state index contributed by atoms with van der Waals surface area (Å²) in [6, 6.07) is 8.72. The Balaban J connectivity index is 0.00000320. The van der Waals surface area contributed by atoms with Gasteiger partial charge in [0.05, 0.1) is 19.3 Å². The number of aromatic nitrogens is 2. The van der Waals surface area contributed by atoms with Crippen molar-refractivity contribution < 1.29 is 4.74 Å². The number of nitrogens with one attached hydrogen (secondary N) is 2. The third-order valence-electron chi connectivity index (χ3n) is 5.99. The molecule has 1 heterocycles. The van der Waals surface area contributed by atoms with E-state index in [0.717, 1.165) is 36.9 Å². The average molecular weight is 525 g/mol. The molecule has 1 saturated carbocycles. The standard InChI is InChI=1S/C23H35N5O.HI/c1-7-24-22(26-16(2)14-21-17(3)27-28(5)18(21)4)25-15-23(12-13-23)19-8-10-20(29-6)11-9-19;/h8-11,16H,7,12-15H2,1-6H3,(H2,24,25,26);1H. The van der Waals surface area contributed by atoms with Gasteiger partial charge in [-0.3, -0.25) is 9.67 Å². The maximum absolute atomic E-state index is 5.29. The first-order chi connectivity index (χ1) is 13.9. The molecule has 1 atom stereocenters. The molecule has 0 spiro atoms. The molecule has 0 aliphatic heterocycles. The number of benzene rings is 1. The Bertz CT molecular complexity index is 855. The van der Waals surface area contributed by atoms with E-state index in [4.69, 9.17) is 9.73 Å². The summed E-state index contributed by atoms with van der Waals surface area (Å²) in [7, 11) is 3.71. The SMILES string of the molecule is CCNC(=NCC1(c2ccc(OC)cc2)CC1)NC(C)Cc1c(C)nn(C)c1C.I. The molecule has 7 heteroatoms. The van der Waals surface area contributed by atoms with Crippen molar-refractivity contribution in [3.8, 4) is 5.75 Å². The van der Waals surface area contributed by atoms with Crippen molar-refractivity contribution in [2.45, 2.75) is 58.4 Å². The fraction of sp³-hybridized carbons (Fsp3) is 0.565. The van der Waals surface area contributed by atoms with E-state index in [9.17, 15) is 0 Å². The highest BCUT2D eigenvalue weighted by molar-refractivity contribution is 14.0. The molecule has 3 rings (SSSR count). The van der Waals surface area contributed by atoms with Crippen molar-refractivity contribution in [3.05, 3.63) is 46.8 Å². The molecule has 30 heavy (non-hydrogen) atoms. The number of ether oxygens (including phenoxy) is 1. The molecule has 1 aromatic heterocycles. The van der Waals surface area contributed by atoms with E-state index in [1.54, 1.807) is 7.11 Å². The van der Waals surface area contributed by atoms with Gasteiger partial charge in [0.15, 0.2) is 5.96 Å². The Morgan fingerprint density at radius 1 is 1.27 bits per heavy atom. The van der Waals surface area contributed by atoms with E-state index >= 15 is 0 Å². The minimum atomic E-state index is 0. The number of halogens is 1. The van der Waals surface area contributed by atoms with Gasteiger partial charge in [-0.15, -0.1) is 24.0 Å². The smallest absolute Gasteiger partial charge is 0.191 e. The lowest BCUT2D eigenvalue weighted by molar-refractivity contribution is 0.414. The third-order valence-corrected chi connectivity index (χ3v) is 5.99. The van der Waals surface area contributed by atoms with Crippen LogP contribution in [0, 0.1) is 13.8 Å². The summed E-state index contributed by atoms with van der Waals surface area (Å²) in [6.07, 6.45) is 3.30. The predicted octanol–water partition coefficient (Wildman–Crippen LogP) is 3.88. The van der Waals surface area contributed by atoms with E-state index in [-0.39, 0.29) is 35.4 Å². The van der Waals surface area contributed by atoms with Crippen LogP contribution in [0.15, 0.2) is 29.3 Å². The molecule has 2 aromatic rings. The number of rotatable bonds is 8. The van der Waals surface area contributed by atoms with Gasteiger partial charge in [-0.05, 0) is 70.2 Å². The predicted molar refractivity (Wildman–Crippen MR) is 134 cm³/mol. The highest BCUT2D eigenvalue weighted by atomic mass is 127. The molecular formula is C23H36IN5O. The summed E-state index contributed by atoms with van der Waals surface area (Å²) in [6.45, 7) is 10.2. The largest absolute Gasteiger partial charge is 0.497 e. The minimum Gasteiger partial charge on any atom is -0.497 e. The molecule has 6 nitrogen and oxygen atoms in total. The Morgan fingerprint density at radius 3 is 2.43 bits per heavy atom. The molecule has 166 valence electrons. The Kier molecular flexibility index (Phi) is 8.58. The zero-order valence-electron chi connectivity index (χ0n) is 19.1. The van der Waals surface area contributed by atoms with Gasteiger partial charge in [-0.25, -0.2) is 0 Å². The van der Waals surface area contributed by atoms with Crippen LogP contribution in [-0.2, 0) is 18.9 Å². The molecule has 1 aliphatic carbocycles. The molecule has 1 aromatic carbocycles. The van der Waals surface area contributed by atoms with Crippen LogP contribution in [-0.4, -0.2) is 42.0 Å². The summed E-state index contributed by atoms with van der Waals surface area (Å²) in [4.78, 5) is 4.94. The number of aliphatic imine (C=N–C) groups is 1. The first kappa shape index (κ1) is 24.5. The van der Waals surface area contributed by atoms with E-state index in [2.05, 4.69) is 55.6 Å². The molecule has 0 radical (unpaired) electrons. The van der Waals surface area contributed by atoms with Crippen molar-refractivity contribution in [3.63, 3.8) is 0 Å². The average Bonchev–Trinajstić information content (AvgIpc) is 3.46. The maximum atomic E-state index is 5.29.